The predicted molar refractivity (Wildman–Crippen MR) is 90.8 cm³/mol. The Labute approximate surface area is 139 Å². The molecule has 1 aliphatic carbocycles. The van der Waals surface area contributed by atoms with E-state index in [-0.39, 0.29) is 12.4 Å². The average molecular weight is 329 g/mol. The van der Waals surface area contributed by atoms with Crippen molar-refractivity contribution in [2.75, 3.05) is 26.7 Å². The number of piperidine rings is 1. The molecule has 0 unspecified atom stereocenters. The molecule has 0 atom stereocenters. The summed E-state index contributed by atoms with van der Waals surface area (Å²) < 4.78 is 7.33. The van der Waals surface area contributed by atoms with Crippen molar-refractivity contribution < 1.29 is 4.74 Å². The number of aryl methyl sites for hydroxylation is 2. The standard InChI is InChI=1S/C16H28N4O.ClH/c1-12-15(16(21-3)19(2)18-12)11-20-8-6-14(7-9-20)17-10-13-4-5-13;/h13-14,17H,4-11H2,1-3H3;1H. The van der Waals surface area contributed by atoms with Crippen LogP contribution in [0.15, 0.2) is 0 Å². The number of nitrogens with zero attached hydrogens (tertiary/aromatic N) is 3. The van der Waals surface area contributed by atoms with Crippen LogP contribution in [-0.2, 0) is 13.6 Å². The van der Waals surface area contributed by atoms with E-state index in [1.807, 2.05) is 11.7 Å². The average Bonchev–Trinajstić information content (AvgIpc) is 3.26. The van der Waals surface area contributed by atoms with Crippen LogP contribution in [0.1, 0.15) is 36.9 Å². The Morgan fingerprint density at radius 2 is 1.91 bits per heavy atom. The van der Waals surface area contributed by atoms with Gasteiger partial charge in [0, 0.05) is 19.6 Å². The van der Waals surface area contributed by atoms with Crippen LogP contribution in [0, 0.1) is 12.8 Å². The van der Waals surface area contributed by atoms with Crippen LogP contribution >= 0.6 is 12.4 Å². The fourth-order valence-electron chi connectivity index (χ4n) is 3.29. The van der Waals surface area contributed by atoms with Crippen molar-refractivity contribution in [3.8, 4) is 5.88 Å². The van der Waals surface area contributed by atoms with Crippen molar-refractivity contribution in [2.24, 2.45) is 13.0 Å². The molecule has 126 valence electrons. The van der Waals surface area contributed by atoms with Gasteiger partial charge in [-0.2, -0.15) is 5.10 Å². The zero-order valence-electron chi connectivity index (χ0n) is 14.0. The van der Waals surface area contributed by atoms with Crippen LogP contribution in [0.2, 0.25) is 0 Å². The highest BCUT2D eigenvalue weighted by atomic mass is 35.5. The second-order valence-electron chi connectivity index (χ2n) is 6.60. The van der Waals surface area contributed by atoms with Crippen molar-refractivity contribution in [2.45, 2.75) is 45.2 Å². The normalized spacial score (nSPS) is 20.0. The summed E-state index contributed by atoms with van der Waals surface area (Å²) in [6.07, 6.45) is 5.39. The number of aromatic nitrogens is 2. The summed E-state index contributed by atoms with van der Waals surface area (Å²) in [6.45, 7) is 6.60. The van der Waals surface area contributed by atoms with Crippen molar-refractivity contribution in [1.29, 1.82) is 0 Å². The molecule has 0 radical (unpaired) electrons. The Bertz CT molecular complexity index is 479. The maximum absolute atomic E-state index is 5.49. The largest absolute Gasteiger partial charge is 0.481 e. The molecule has 1 N–H and O–H groups in total. The third-order valence-electron chi connectivity index (χ3n) is 4.84. The van der Waals surface area contributed by atoms with Gasteiger partial charge in [0.1, 0.15) is 0 Å². The van der Waals surface area contributed by atoms with Gasteiger partial charge in [-0.3, -0.25) is 4.90 Å². The summed E-state index contributed by atoms with van der Waals surface area (Å²) in [5, 5.41) is 8.21. The maximum Gasteiger partial charge on any atom is 0.216 e. The lowest BCUT2D eigenvalue weighted by Gasteiger charge is -2.32. The fourth-order valence-corrected chi connectivity index (χ4v) is 3.29. The fraction of sp³-hybridized carbons (Fsp3) is 0.812. The van der Waals surface area contributed by atoms with Crippen molar-refractivity contribution in [3.63, 3.8) is 0 Å². The van der Waals surface area contributed by atoms with Crippen LogP contribution in [-0.4, -0.2) is 47.5 Å². The summed E-state index contributed by atoms with van der Waals surface area (Å²) in [5.41, 5.74) is 2.33. The van der Waals surface area contributed by atoms with Crippen LogP contribution in [0.3, 0.4) is 0 Å². The van der Waals surface area contributed by atoms with Gasteiger partial charge in [-0.25, -0.2) is 4.68 Å². The Morgan fingerprint density at radius 3 is 2.50 bits per heavy atom. The molecule has 2 aliphatic rings. The topological polar surface area (TPSA) is 42.3 Å². The molecule has 1 aliphatic heterocycles. The number of hydrogen-bond acceptors (Lipinski definition) is 4. The van der Waals surface area contributed by atoms with E-state index in [2.05, 4.69) is 22.2 Å². The molecule has 0 aromatic carbocycles. The summed E-state index contributed by atoms with van der Waals surface area (Å²) in [6, 6.07) is 0.721. The van der Waals surface area contributed by atoms with Crippen molar-refractivity contribution >= 4 is 12.4 Å². The number of halogens is 1. The predicted octanol–water partition coefficient (Wildman–Crippen LogP) is 2.12. The lowest BCUT2D eigenvalue weighted by Crippen LogP contribution is -2.42. The third kappa shape index (κ3) is 4.15. The zero-order chi connectivity index (χ0) is 14.8. The monoisotopic (exact) mass is 328 g/mol. The van der Waals surface area contributed by atoms with E-state index < -0.39 is 0 Å². The van der Waals surface area contributed by atoms with E-state index in [1.165, 1.54) is 50.9 Å². The van der Waals surface area contributed by atoms with Gasteiger partial charge in [-0.05, 0) is 58.2 Å². The number of ether oxygens (including phenoxy) is 1. The molecule has 1 saturated heterocycles. The highest BCUT2D eigenvalue weighted by Gasteiger charge is 2.25. The van der Waals surface area contributed by atoms with E-state index in [0.717, 1.165) is 30.1 Å². The number of nitrogens with one attached hydrogen (secondary N) is 1. The SMILES string of the molecule is COc1c(CN2CCC(NCC3CC3)CC2)c(C)nn1C.Cl. The Morgan fingerprint density at radius 1 is 1.23 bits per heavy atom. The van der Waals surface area contributed by atoms with Crippen LogP contribution in [0.25, 0.3) is 0 Å². The van der Waals surface area contributed by atoms with Crippen molar-refractivity contribution in [1.82, 2.24) is 20.0 Å². The molecule has 0 bridgehead atoms. The van der Waals surface area contributed by atoms with Gasteiger partial charge in [-0.15, -0.1) is 12.4 Å². The van der Waals surface area contributed by atoms with Gasteiger partial charge in [0.25, 0.3) is 0 Å². The lowest BCUT2D eigenvalue weighted by atomic mass is 10.0. The molecule has 6 heteroatoms. The number of methoxy groups -OCH3 is 1. The van der Waals surface area contributed by atoms with Gasteiger partial charge in [0.2, 0.25) is 5.88 Å². The van der Waals surface area contributed by atoms with E-state index in [9.17, 15) is 0 Å². The quantitative estimate of drug-likeness (QED) is 0.868. The molecule has 2 heterocycles. The van der Waals surface area contributed by atoms with Crippen molar-refractivity contribution in [3.05, 3.63) is 11.3 Å². The van der Waals surface area contributed by atoms with Crippen LogP contribution in [0.5, 0.6) is 5.88 Å². The van der Waals surface area contributed by atoms with E-state index in [4.69, 9.17) is 4.74 Å². The molecule has 3 rings (SSSR count). The molecule has 1 aromatic heterocycles. The summed E-state index contributed by atoms with van der Waals surface area (Å²) in [5.74, 6) is 1.88. The van der Waals surface area contributed by atoms with Gasteiger partial charge in [0.15, 0.2) is 0 Å². The molecule has 5 nitrogen and oxygen atoms in total. The lowest BCUT2D eigenvalue weighted by molar-refractivity contribution is 0.187. The van der Waals surface area contributed by atoms with Gasteiger partial charge >= 0.3 is 0 Å². The molecular formula is C16H29ClN4O. The second kappa shape index (κ2) is 7.66. The Balaban J connectivity index is 0.00000176. The number of hydrogen-bond donors (Lipinski definition) is 1. The summed E-state index contributed by atoms with van der Waals surface area (Å²) in [7, 11) is 3.68. The van der Waals surface area contributed by atoms with E-state index in [0.29, 0.717) is 0 Å². The summed E-state index contributed by atoms with van der Waals surface area (Å²) in [4.78, 5) is 2.53. The van der Waals surface area contributed by atoms with E-state index >= 15 is 0 Å². The Hall–Kier alpha value is -0.780. The zero-order valence-corrected chi connectivity index (χ0v) is 14.8. The van der Waals surface area contributed by atoms with Gasteiger partial charge in [0.05, 0.1) is 18.4 Å². The van der Waals surface area contributed by atoms with Crippen LogP contribution < -0.4 is 10.1 Å². The first kappa shape index (κ1) is 17.6. The molecule has 22 heavy (non-hydrogen) atoms. The van der Waals surface area contributed by atoms with Gasteiger partial charge < -0.3 is 10.1 Å². The first-order chi connectivity index (χ1) is 10.2. The maximum atomic E-state index is 5.49. The second-order valence-corrected chi connectivity index (χ2v) is 6.60. The molecule has 0 amide bonds. The first-order valence-electron chi connectivity index (χ1n) is 8.19. The Kier molecular flexibility index (Phi) is 6.12. The van der Waals surface area contributed by atoms with Crippen LogP contribution in [0.4, 0.5) is 0 Å². The third-order valence-corrected chi connectivity index (χ3v) is 4.84. The molecule has 0 spiro atoms. The number of rotatable bonds is 6. The molecular weight excluding hydrogens is 300 g/mol. The molecule has 2 fully saturated rings. The van der Waals surface area contributed by atoms with Gasteiger partial charge in [-0.1, -0.05) is 0 Å². The minimum absolute atomic E-state index is 0. The minimum atomic E-state index is 0. The smallest absolute Gasteiger partial charge is 0.216 e. The molecule has 1 saturated carbocycles. The van der Waals surface area contributed by atoms with E-state index in [1.54, 1.807) is 7.11 Å². The number of likely N-dealkylation sites (tertiary alicyclic amines) is 1. The molecule has 1 aromatic rings. The highest BCUT2D eigenvalue weighted by Crippen LogP contribution is 2.28. The first-order valence-corrected chi connectivity index (χ1v) is 8.19. The highest BCUT2D eigenvalue weighted by molar-refractivity contribution is 5.85. The minimum Gasteiger partial charge on any atom is -0.481 e. The summed E-state index contributed by atoms with van der Waals surface area (Å²) >= 11 is 0.